The predicted molar refractivity (Wildman–Crippen MR) is 86.7 cm³/mol. The SMILES string of the molecule is C=CCn1ncc(NCC2CN(CC)CCO2)c(Br)c1=O. The van der Waals surface area contributed by atoms with Crippen molar-refractivity contribution in [2.24, 2.45) is 0 Å². The second kappa shape index (κ2) is 7.72. The first kappa shape index (κ1) is 16.2. The Kier molecular flexibility index (Phi) is 5.96. The fourth-order valence-electron chi connectivity index (χ4n) is 2.26. The highest BCUT2D eigenvalue weighted by molar-refractivity contribution is 9.10. The summed E-state index contributed by atoms with van der Waals surface area (Å²) in [7, 11) is 0. The third kappa shape index (κ3) is 4.15. The lowest BCUT2D eigenvalue weighted by atomic mass is 10.2. The van der Waals surface area contributed by atoms with Crippen LogP contribution in [0, 0.1) is 0 Å². The number of rotatable bonds is 6. The van der Waals surface area contributed by atoms with Crippen molar-refractivity contribution in [2.75, 3.05) is 38.1 Å². The van der Waals surface area contributed by atoms with Crippen LogP contribution in [0.1, 0.15) is 6.92 Å². The molecular formula is C14H21BrN4O2. The first-order chi connectivity index (χ1) is 10.2. The van der Waals surface area contributed by atoms with E-state index in [9.17, 15) is 4.79 Å². The monoisotopic (exact) mass is 356 g/mol. The maximum atomic E-state index is 12.1. The van der Waals surface area contributed by atoms with Crippen molar-refractivity contribution in [3.05, 3.63) is 33.7 Å². The van der Waals surface area contributed by atoms with Gasteiger partial charge in [0.2, 0.25) is 0 Å². The Hall–Kier alpha value is -1.18. The Morgan fingerprint density at radius 3 is 3.19 bits per heavy atom. The molecule has 2 rings (SSSR count). The second-order valence-electron chi connectivity index (χ2n) is 4.92. The average Bonchev–Trinajstić information content (AvgIpc) is 2.51. The molecule has 1 aliphatic heterocycles. The van der Waals surface area contributed by atoms with E-state index in [0.29, 0.717) is 23.2 Å². The Morgan fingerprint density at radius 2 is 2.48 bits per heavy atom. The van der Waals surface area contributed by atoms with Crippen LogP contribution < -0.4 is 10.9 Å². The van der Waals surface area contributed by atoms with Gasteiger partial charge in [-0.15, -0.1) is 6.58 Å². The predicted octanol–water partition coefficient (Wildman–Crippen LogP) is 1.32. The zero-order chi connectivity index (χ0) is 15.2. The van der Waals surface area contributed by atoms with E-state index in [4.69, 9.17) is 4.74 Å². The van der Waals surface area contributed by atoms with E-state index in [1.54, 1.807) is 12.3 Å². The van der Waals surface area contributed by atoms with E-state index in [2.05, 4.69) is 44.7 Å². The van der Waals surface area contributed by atoms with Gasteiger partial charge in [0.1, 0.15) is 4.47 Å². The molecule has 1 saturated heterocycles. The van der Waals surface area contributed by atoms with Crippen molar-refractivity contribution in [2.45, 2.75) is 19.6 Å². The van der Waals surface area contributed by atoms with Crippen molar-refractivity contribution in [1.29, 1.82) is 0 Å². The highest BCUT2D eigenvalue weighted by Crippen LogP contribution is 2.16. The Morgan fingerprint density at radius 1 is 1.67 bits per heavy atom. The van der Waals surface area contributed by atoms with E-state index in [1.165, 1.54) is 4.68 Å². The minimum absolute atomic E-state index is 0.126. The van der Waals surface area contributed by atoms with Gasteiger partial charge in [-0.2, -0.15) is 5.10 Å². The number of nitrogens with zero attached hydrogens (tertiary/aromatic N) is 3. The van der Waals surface area contributed by atoms with Gasteiger partial charge in [0.15, 0.2) is 0 Å². The minimum atomic E-state index is -0.167. The molecule has 1 unspecified atom stereocenters. The number of likely N-dealkylation sites (N-methyl/N-ethyl adjacent to an activating group) is 1. The Balaban J connectivity index is 1.98. The van der Waals surface area contributed by atoms with Gasteiger partial charge >= 0.3 is 0 Å². The second-order valence-corrected chi connectivity index (χ2v) is 5.71. The fourth-order valence-corrected chi connectivity index (χ4v) is 2.70. The third-order valence-electron chi connectivity index (χ3n) is 3.48. The maximum Gasteiger partial charge on any atom is 0.283 e. The number of hydrogen-bond donors (Lipinski definition) is 1. The minimum Gasteiger partial charge on any atom is -0.380 e. The van der Waals surface area contributed by atoms with Crippen LogP contribution in [0.15, 0.2) is 28.1 Å². The van der Waals surface area contributed by atoms with Crippen LogP contribution in [-0.4, -0.2) is 53.6 Å². The van der Waals surface area contributed by atoms with Gasteiger partial charge < -0.3 is 10.1 Å². The molecule has 21 heavy (non-hydrogen) atoms. The summed E-state index contributed by atoms with van der Waals surface area (Å²) in [6, 6.07) is 0. The van der Waals surface area contributed by atoms with Crippen molar-refractivity contribution < 1.29 is 4.74 Å². The molecule has 1 atom stereocenters. The van der Waals surface area contributed by atoms with Gasteiger partial charge in [0.05, 0.1) is 31.1 Å². The van der Waals surface area contributed by atoms with Gasteiger partial charge in [0.25, 0.3) is 5.56 Å². The maximum absolute atomic E-state index is 12.1. The van der Waals surface area contributed by atoms with E-state index in [-0.39, 0.29) is 11.7 Å². The standard InChI is InChI=1S/C14H21BrN4O2/c1-3-5-19-14(20)13(15)12(9-17-19)16-8-11-10-18(4-2)6-7-21-11/h3,9,11,16H,1,4-8,10H2,2H3. The zero-order valence-electron chi connectivity index (χ0n) is 12.2. The molecule has 0 aliphatic carbocycles. The van der Waals surface area contributed by atoms with E-state index in [1.807, 2.05) is 0 Å². The molecule has 6 nitrogen and oxygen atoms in total. The number of aromatic nitrogens is 2. The summed E-state index contributed by atoms with van der Waals surface area (Å²) < 4.78 is 7.58. The summed E-state index contributed by atoms with van der Waals surface area (Å²) in [6.07, 6.45) is 3.42. The van der Waals surface area contributed by atoms with Crippen LogP contribution in [0.2, 0.25) is 0 Å². The zero-order valence-corrected chi connectivity index (χ0v) is 13.8. The highest BCUT2D eigenvalue weighted by Gasteiger charge is 2.19. The van der Waals surface area contributed by atoms with E-state index < -0.39 is 0 Å². The molecule has 1 fully saturated rings. The van der Waals surface area contributed by atoms with Gasteiger partial charge in [0, 0.05) is 19.6 Å². The fraction of sp³-hybridized carbons (Fsp3) is 0.571. The first-order valence-corrected chi connectivity index (χ1v) is 7.89. The smallest absolute Gasteiger partial charge is 0.283 e. The normalized spacial score (nSPS) is 19.4. The topological polar surface area (TPSA) is 59.4 Å². The van der Waals surface area contributed by atoms with Crippen molar-refractivity contribution in [1.82, 2.24) is 14.7 Å². The summed E-state index contributed by atoms with van der Waals surface area (Å²) >= 11 is 3.33. The van der Waals surface area contributed by atoms with Crippen LogP contribution in [0.3, 0.4) is 0 Å². The van der Waals surface area contributed by atoms with E-state index >= 15 is 0 Å². The van der Waals surface area contributed by atoms with Gasteiger partial charge in [-0.05, 0) is 22.5 Å². The lowest BCUT2D eigenvalue weighted by Gasteiger charge is -2.32. The van der Waals surface area contributed by atoms with Crippen molar-refractivity contribution in [3.63, 3.8) is 0 Å². The largest absolute Gasteiger partial charge is 0.380 e. The number of allylic oxidation sites excluding steroid dienone is 1. The number of nitrogens with one attached hydrogen (secondary N) is 1. The summed E-state index contributed by atoms with van der Waals surface area (Å²) in [5.74, 6) is 0. The summed E-state index contributed by atoms with van der Waals surface area (Å²) in [5.41, 5.74) is 0.525. The molecule has 1 aromatic heterocycles. The average molecular weight is 357 g/mol. The van der Waals surface area contributed by atoms with Crippen LogP contribution in [-0.2, 0) is 11.3 Å². The quantitative estimate of drug-likeness (QED) is 0.779. The Labute approximate surface area is 132 Å². The van der Waals surface area contributed by atoms with Crippen LogP contribution in [0.25, 0.3) is 0 Å². The molecular weight excluding hydrogens is 336 g/mol. The van der Waals surface area contributed by atoms with Crippen LogP contribution in [0.4, 0.5) is 5.69 Å². The van der Waals surface area contributed by atoms with Crippen molar-refractivity contribution >= 4 is 21.6 Å². The van der Waals surface area contributed by atoms with Gasteiger partial charge in [-0.3, -0.25) is 9.69 Å². The summed E-state index contributed by atoms with van der Waals surface area (Å²) in [4.78, 5) is 14.4. The van der Waals surface area contributed by atoms with Crippen LogP contribution >= 0.6 is 15.9 Å². The molecule has 0 amide bonds. The highest BCUT2D eigenvalue weighted by atomic mass is 79.9. The number of halogens is 1. The van der Waals surface area contributed by atoms with Gasteiger partial charge in [-0.1, -0.05) is 13.0 Å². The van der Waals surface area contributed by atoms with Crippen molar-refractivity contribution in [3.8, 4) is 0 Å². The first-order valence-electron chi connectivity index (χ1n) is 7.10. The Bertz CT molecular complexity index is 546. The molecule has 0 spiro atoms. The molecule has 7 heteroatoms. The molecule has 2 heterocycles. The third-order valence-corrected chi connectivity index (χ3v) is 4.24. The number of hydrogen-bond acceptors (Lipinski definition) is 5. The van der Waals surface area contributed by atoms with E-state index in [0.717, 1.165) is 26.2 Å². The van der Waals surface area contributed by atoms with Gasteiger partial charge in [-0.25, -0.2) is 4.68 Å². The number of morpholine rings is 1. The molecule has 1 N–H and O–H groups in total. The molecule has 0 aromatic carbocycles. The summed E-state index contributed by atoms with van der Waals surface area (Å²) in [5, 5.41) is 7.35. The molecule has 0 bridgehead atoms. The lowest BCUT2D eigenvalue weighted by Crippen LogP contribution is -2.45. The number of anilines is 1. The molecule has 0 saturated carbocycles. The number of ether oxygens (including phenoxy) is 1. The molecule has 0 radical (unpaired) electrons. The summed E-state index contributed by atoms with van der Waals surface area (Å²) in [6.45, 7) is 10.5. The molecule has 116 valence electrons. The molecule has 1 aliphatic rings. The molecule has 1 aromatic rings. The van der Waals surface area contributed by atoms with Crippen LogP contribution in [0.5, 0.6) is 0 Å². The lowest BCUT2D eigenvalue weighted by molar-refractivity contribution is -0.0191.